The maximum Gasteiger partial charge on any atom is 0.255 e. The minimum absolute atomic E-state index is 0.0117. The number of hydrogen-bond acceptors (Lipinski definition) is 6. The molecule has 1 unspecified atom stereocenters. The summed E-state index contributed by atoms with van der Waals surface area (Å²) in [6.45, 7) is 4.24. The van der Waals surface area contributed by atoms with Gasteiger partial charge in [0, 0.05) is 43.5 Å². The third-order valence-electron chi connectivity index (χ3n) is 6.69. The van der Waals surface area contributed by atoms with Gasteiger partial charge in [-0.15, -0.1) is 0 Å². The standard InChI is InChI=1S/C28H28Cl2N4O4/c29-24-9-3-19(16-25(24)30)27(35)32-21-4-10-26(31-17-21)38-23-7-5-22(6-8-23)34-11-1-2-20(18-34)28(36)33-12-14-37-15-13-33/h3-10,16-17,20H,1-2,11-15,18H2,(H,32,35). The van der Waals surface area contributed by atoms with Crippen LogP contribution in [-0.2, 0) is 9.53 Å². The Hall–Kier alpha value is -3.33. The van der Waals surface area contributed by atoms with E-state index in [-0.39, 0.29) is 17.7 Å². The van der Waals surface area contributed by atoms with Crippen LogP contribution in [0.15, 0.2) is 60.8 Å². The van der Waals surface area contributed by atoms with E-state index in [4.69, 9.17) is 32.7 Å². The minimum Gasteiger partial charge on any atom is -0.439 e. The third kappa shape index (κ3) is 6.38. The second-order valence-electron chi connectivity index (χ2n) is 9.29. The van der Waals surface area contributed by atoms with Crippen molar-refractivity contribution < 1.29 is 19.1 Å². The number of amides is 2. The van der Waals surface area contributed by atoms with Gasteiger partial charge in [0.1, 0.15) is 5.75 Å². The third-order valence-corrected chi connectivity index (χ3v) is 7.43. The van der Waals surface area contributed by atoms with Crippen molar-refractivity contribution in [3.8, 4) is 11.6 Å². The fourth-order valence-electron chi connectivity index (χ4n) is 4.66. The molecule has 0 spiro atoms. The number of piperidine rings is 1. The van der Waals surface area contributed by atoms with E-state index in [0.717, 1.165) is 25.1 Å². The van der Waals surface area contributed by atoms with Crippen molar-refractivity contribution in [1.29, 1.82) is 0 Å². The molecule has 0 aliphatic carbocycles. The predicted octanol–water partition coefficient (Wildman–Crippen LogP) is 5.51. The van der Waals surface area contributed by atoms with E-state index in [9.17, 15) is 9.59 Å². The quantitative estimate of drug-likeness (QED) is 0.432. The van der Waals surface area contributed by atoms with Gasteiger partial charge in [-0.05, 0) is 61.4 Å². The number of halogens is 2. The van der Waals surface area contributed by atoms with E-state index in [1.807, 2.05) is 29.2 Å². The Bertz CT molecular complexity index is 1280. The van der Waals surface area contributed by atoms with E-state index < -0.39 is 0 Å². The molecule has 0 radical (unpaired) electrons. The Balaban J connectivity index is 1.15. The molecule has 1 aromatic heterocycles. The lowest BCUT2D eigenvalue weighted by Crippen LogP contribution is -2.48. The van der Waals surface area contributed by atoms with Gasteiger partial charge in [0.05, 0.1) is 41.1 Å². The van der Waals surface area contributed by atoms with Gasteiger partial charge in [0.2, 0.25) is 11.8 Å². The number of nitrogens with one attached hydrogen (secondary N) is 1. The summed E-state index contributed by atoms with van der Waals surface area (Å²) >= 11 is 11.9. The van der Waals surface area contributed by atoms with E-state index in [1.54, 1.807) is 24.3 Å². The summed E-state index contributed by atoms with van der Waals surface area (Å²) < 4.78 is 11.3. The van der Waals surface area contributed by atoms with Crippen molar-refractivity contribution in [1.82, 2.24) is 9.88 Å². The van der Waals surface area contributed by atoms with E-state index in [0.29, 0.717) is 65.8 Å². The molecule has 198 valence electrons. The molecule has 10 heteroatoms. The molecule has 0 bridgehead atoms. The molecule has 38 heavy (non-hydrogen) atoms. The molecule has 5 rings (SSSR count). The second-order valence-corrected chi connectivity index (χ2v) is 10.1. The Morgan fingerprint density at radius 1 is 0.974 bits per heavy atom. The number of aromatic nitrogens is 1. The second kappa shape index (κ2) is 12.0. The van der Waals surface area contributed by atoms with Crippen LogP contribution in [0.4, 0.5) is 11.4 Å². The van der Waals surface area contributed by atoms with Crippen LogP contribution < -0.4 is 15.0 Å². The van der Waals surface area contributed by atoms with Gasteiger partial charge in [-0.1, -0.05) is 23.2 Å². The number of pyridine rings is 1. The molecule has 3 heterocycles. The van der Waals surface area contributed by atoms with E-state index >= 15 is 0 Å². The first kappa shape index (κ1) is 26.3. The van der Waals surface area contributed by atoms with Gasteiger partial charge in [0.25, 0.3) is 5.91 Å². The minimum atomic E-state index is -0.318. The maximum absolute atomic E-state index is 13.0. The number of rotatable bonds is 6. The molecule has 1 atom stereocenters. The van der Waals surface area contributed by atoms with Crippen molar-refractivity contribution in [2.45, 2.75) is 12.8 Å². The Morgan fingerprint density at radius 3 is 2.47 bits per heavy atom. The molecule has 1 N–H and O–H groups in total. The van der Waals surface area contributed by atoms with Crippen LogP contribution in [0.3, 0.4) is 0 Å². The molecule has 2 aliphatic rings. The average molecular weight is 555 g/mol. The summed E-state index contributed by atoms with van der Waals surface area (Å²) in [5.74, 6) is 0.978. The summed E-state index contributed by atoms with van der Waals surface area (Å²) in [6.07, 6.45) is 3.43. The summed E-state index contributed by atoms with van der Waals surface area (Å²) in [5.41, 5.74) is 1.98. The van der Waals surface area contributed by atoms with Crippen LogP contribution in [0.1, 0.15) is 23.2 Å². The van der Waals surface area contributed by atoms with Crippen LogP contribution in [0.25, 0.3) is 0 Å². The van der Waals surface area contributed by atoms with Crippen molar-refractivity contribution in [3.63, 3.8) is 0 Å². The number of carbonyl (C=O) groups excluding carboxylic acids is 2. The summed E-state index contributed by atoms with van der Waals surface area (Å²) in [6, 6.07) is 15.9. The number of hydrogen-bond donors (Lipinski definition) is 1. The van der Waals surface area contributed by atoms with Crippen LogP contribution in [0.2, 0.25) is 10.0 Å². The molecule has 2 saturated heterocycles. The smallest absolute Gasteiger partial charge is 0.255 e. The van der Waals surface area contributed by atoms with Gasteiger partial charge in [-0.25, -0.2) is 4.98 Å². The molecular weight excluding hydrogens is 527 g/mol. The Morgan fingerprint density at radius 2 is 1.76 bits per heavy atom. The van der Waals surface area contributed by atoms with Crippen molar-refractivity contribution in [3.05, 3.63) is 76.4 Å². The first-order valence-electron chi connectivity index (χ1n) is 12.6. The van der Waals surface area contributed by atoms with Gasteiger partial charge in [-0.3, -0.25) is 9.59 Å². The van der Waals surface area contributed by atoms with Gasteiger partial charge < -0.3 is 24.6 Å². The Kier molecular flexibility index (Phi) is 8.32. The zero-order chi connectivity index (χ0) is 26.5. The molecule has 2 amide bonds. The van der Waals surface area contributed by atoms with Crippen molar-refractivity contribution >= 4 is 46.4 Å². The zero-order valence-electron chi connectivity index (χ0n) is 20.7. The summed E-state index contributed by atoms with van der Waals surface area (Å²) in [4.78, 5) is 33.9. The molecular formula is C28H28Cl2N4O4. The lowest BCUT2D eigenvalue weighted by atomic mass is 9.96. The van der Waals surface area contributed by atoms with Crippen LogP contribution in [0.5, 0.6) is 11.6 Å². The predicted molar refractivity (Wildman–Crippen MR) is 148 cm³/mol. The van der Waals surface area contributed by atoms with Crippen LogP contribution in [-0.4, -0.2) is 61.1 Å². The van der Waals surface area contributed by atoms with Crippen LogP contribution in [0, 0.1) is 5.92 Å². The number of nitrogens with zero attached hydrogens (tertiary/aromatic N) is 3. The molecule has 2 fully saturated rings. The Labute approximate surface area is 231 Å². The van der Waals surface area contributed by atoms with Gasteiger partial charge in [0.15, 0.2) is 0 Å². The van der Waals surface area contributed by atoms with Gasteiger partial charge >= 0.3 is 0 Å². The molecule has 3 aromatic rings. The lowest BCUT2D eigenvalue weighted by molar-refractivity contribution is -0.139. The highest BCUT2D eigenvalue weighted by molar-refractivity contribution is 6.42. The fraction of sp³-hybridized carbons (Fsp3) is 0.321. The first-order valence-corrected chi connectivity index (χ1v) is 13.3. The first-order chi connectivity index (χ1) is 18.5. The highest BCUT2D eigenvalue weighted by Crippen LogP contribution is 2.28. The number of benzene rings is 2. The van der Waals surface area contributed by atoms with Crippen molar-refractivity contribution in [2.24, 2.45) is 5.92 Å². The molecule has 0 saturated carbocycles. The monoisotopic (exact) mass is 554 g/mol. The van der Waals surface area contributed by atoms with E-state index in [1.165, 1.54) is 12.3 Å². The number of ether oxygens (including phenoxy) is 2. The van der Waals surface area contributed by atoms with Gasteiger partial charge in [-0.2, -0.15) is 0 Å². The topological polar surface area (TPSA) is 84.0 Å². The number of anilines is 2. The number of carbonyl (C=O) groups is 2. The summed E-state index contributed by atoms with van der Waals surface area (Å²) in [5, 5.41) is 3.48. The summed E-state index contributed by atoms with van der Waals surface area (Å²) in [7, 11) is 0. The SMILES string of the molecule is O=C(Nc1ccc(Oc2ccc(N3CCCC(C(=O)N4CCOCC4)C3)cc2)nc1)c1ccc(Cl)c(Cl)c1. The largest absolute Gasteiger partial charge is 0.439 e. The molecule has 8 nitrogen and oxygen atoms in total. The maximum atomic E-state index is 13.0. The fourth-order valence-corrected chi connectivity index (χ4v) is 4.95. The highest BCUT2D eigenvalue weighted by atomic mass is 35.5. The highest BCUT2D eigenvalue weighted by Gasteiger charge is 2.30. The number of morpholine rings is 1. The molecule has 2 aliphatic heterocycles. The normalized spacial score (nSPS) is 17.7. The van der Waals surface area contributed by atoms with Crippen LogP contribution >= 0.6 is 23.2 Å². The average Bonchev–Trinajstić information content (AvgIpc) is 2.96. The lowest BCUT2D eigenvalue weighted by Gasteiger charge is -2.37. The zero-order valence-corrected chi connectivity index (χ0v) is 22.3. The van der Waals surface area contributed by atoms with E-state index in [2.05, 4.69) is 15.2 Å². The molecule has 2 aromatic carbocycles. The van der Waals surface area contributed by atoms with Crippen molar-refractivity contribution in [2.75, 3.05) is 49.6 Å².